The lowest BCUT2D eigenvalue weighted by molar-refractivity contribution is 0.0772. The number of amides is 1. The van der Waals surface area contributed by atoms with Gasteiger partial charge in [-0.1, -0.05) is 42.5 Å². The Morgan fingerprint density at radius 1 is 0.870 bits per heavy atom. The summed E-state index contributed by atoms with van der Waals surface area (Å²) in [5.74, 6) is 0.0334. The van der Waals surface area contributed by atoms with Gasteiger partial charge in [0.2, 0.25) is 0 Å². The van der Waals surface area contributed by atoms with Crippen LogP contribution in [0.4, 0.5) is 0 Å². The Hall–Kier alpha value is -2.42. The lowest BCUT2D eigenvalue weighted by Crippen LogP contribution is -2.31. The molecule has 0 N–H and O–H groups in total. The quantitative estimate of drug-likeness (QED) is 0.759. The Kier molecular flexibility index (Phi) is 5.69. The van der Waals surface area contributed by atoms with Gasteiger partial charge in [0, 0.05) is 30.6 Å². The van der Waals surface area contributed by atoms with Crippen LogP contribution in [0.1, 0.15) is 45.7 Å². The van der Waals surface area contributed by atoms with Crippen molar-refractivity contribution in [3.63, 3.8) is 0 Å². The Balaban J connectivity index is 2.29. The van der Waals surface area contributed by atoms with Crippen LogP contribution < -0.4 is 0 Å². The standard InChI is InChI=1S/C20H23NO2/c1-4-21(5-2)20(23)18-13-9-7-11-16(18)14-19(22)17-12-8-6-10-15(17)3/h6-13H,4-5,14H2,1-3H3. The van der Waals surface area contributed by atoms with Gasteiger partial charge in [0.25, 0.3) is 5.91 Å². The number of rotatable bonds is 6. The zero-order valence-corrected chi connectivity index (χ0v) is 14.0. The number of benzene rings is 2. The van der Waals surface area contributed by atoms with Crippen LogP contribution in [0.2, 0.25) is 0 Å². The number of carbonyl (C=O) groups is 2. The van der Waals surface area contributed by atoms with Crippen molar-refractivity contribution in [3.05, 3.63) is 70.8 Å². The molecule has 0 fully saturated rings. The highest BCUT2D eigenvalue weighted by Crippen LogP contribution is 2.16. The van der Waals surface area contributed by atoms with Crippen LogP contribution in [-0.4, -0.2) is 29.7 Å². The van der Waals surface area contributed by atoms with Crippen molar-refractivity contribution in [1.29, 1.82) is 0 Å². The van der Waals surface area contributed by atoms with Crippen LogP contribution >= 0.6 is 0 Å². The SMILES string of the molecule is CCN(CC)C(=O)c1ccccc1CC(=O)c1ccccc1C. The van der Waals surface area contributed by atoms with Crippen molar-refractivity contribution in [2.45, 2.75) is 27.2 Å². The number of hydrogen-bond acceptors (Lipinski definition) is 2. The molecule has 0 unspecified atom stereocenters. The molecule has 1 amide bonds. The number of hydrogen-bond donors (Lipinski definition) is 0. The minimum absolute atomic E-state index is 0.0109. The Morgan fingerprint density at radius 2 is 1.43 bits per heavy atom. The largest absolute Gasteiger partial charge is 0.339 e. The summed E-state index contributed by atoms with van der Waals surface area (Å²) in [6, 6.07) is 15.0. The van der Waals surface area contributed by atoms with Gasteiger partial charge in [-0.15, -0.1) is 0 Å². The molecule has 2 aromatic rings. The average molecular weight is 309 g/mol. The highest BCUT2D eigenvalue weighted by atomic mass is 16.2. The summed E-state index contributed by atoms with van der Waals surface area (Å²) in [5, 5.41) is 0. The summed E-state index contributed by atoms with van der Waals surface area (Å²) in [5.41, 5.74) is 3.10. The fourth-order valence-electron chi connectivity index (χ4n) is 2.72. The minimum Gasteiger partial charge on any atom is -0.339 e. The van der Waals surface area contributed by atoms with Crippen LogP contribution in [0.25, 0.3) is 0 Å². The molecule has 0 saturated carbocycles. The molecule has 3 heteroatoms. The van der Waals surface area contributed by atoms with Crippen molar-refractivity contribution in [3.8, 4) is 0 Å². The van der Waals surface area contributed by atoms with Crippen molar-refractivity contribution in [2.24, 2.45) is 0 Å². The summed E-state index contributed by atoms with van der Waals surface area (Å²) < 4.78 is 0. The summed E-state index contributed by atoms with van der Waals surface area (Å²) >= 11 is 0. The molecule has 0 atom stereocenters. The van der Waals surface area contributed by atoms with Crippen LogP contribution in [-0.2, 0) is 6.42 Å². The molecule has 2 aromatic carbocycles. The maximum absolute atomic E-state index is 12.6. The molecule has 0 bridgehead atoms. The molecular weight excluding hydrogens is 286 g/mol. The first kappa shape index (κ1) is 16.9. The molecule has 0 saturated heterocycles. The van der Waals surface area contributed by atoms with Crippen LogP contribution in [0, 0.1) is 6.92 Å². The molecule has 0 heterocycles. The summed E-state index contributed by atoms with van der Waals surface area (Å²) in [7, 11) is 0. The average Bonchev–Trinajstić information content (AvgIpc) is 2.56. The van der Waals surface area contributed by atoms with E-state index >= 15 is 0 Å². The van der Waals surface area contributed by atoms with Gasteiger partial charge in [-0.2, -0.15) is 0 Å². The normalized spacial score (nSPS) is 10.4. The van der Waals surface area contributed by atoms with E-state index in [1.54, 1.807) is 11.0 Å². The predicted octanol–water partition coefficient (Wildman–Crippen LogP) is 3.90. The number of Topliss-reactive ketones (excluding diaryl/α,β-unsaturated/α-hetero) is 1. The molecule has 0 spiro atoms. The second-order valence-electron chi connectivity index (χ2n) is 5.55. The molecule has 2 rings (SSSR count). The Labute approximate surface area is 137 Å². The second-order valence-corrected chi connectivity index (χ2v) is 5.55. The predicted molar refractivity (Wildman–Crippen MR) is 92.9 cm³/mol. The van der Waals surface area contributed by atoms with Crippen molar-refractivity contribution < 1.29 is 9.59 Å². The maximum atomic E-state index is 12.6. The van der Waals surface area contributed by atoms with E-state index in [4.69, 9.17) is 0 Å². The van der Waals surface area contributed by atoms with E-state index in [1.165, 1.54) is 0 Å². The van der Waals surface area contributed by atoms with E-state index < -0.39 is 0 Å². The molecule has 0 aliphatic carbocycles. The van der Waals surface area contributed by atoms with E-state index in [0.717, 1.165) is 16.7 Å². The molecule has 3 nitrogen and oxygen atoms in total. The molecule has 120 valence electrons. The first-order valence-corrected chi connectivity index (χ1v) is 8.04. The van der Waals surface area contributed by atoms with E-state index in [2.05, 4.69) is 0 Å². The van der Waals surface area contributed by atoms with E-state index in [0.29, 0.717) is 18.7 Å². The maximum Gasteiger partial charge on any atom is 0.254 e. The molecule has 0 radical (unpaired) electrons. The third-order valence-electron chi connectivity index (χ3n) is 4.09. The van der Waals surface area contributed by atoms with Crippen molar-refractivity contribution in [1.82, 2.24) is 4.90 Å². The van der Waals surface area contributed by atoms with E-state index in [-0.39, 0.29) is 18.1 Å². The van der Waals surface area contributed by atoms with Crippen LogP contribution in [0.15, 0.2) is 48.5 Å². The van der Waals surface area contributed by atoms with Crippen molar-refractivity contribution >= 4 is 11.7 Å². The summed E-state index contributed by atoms with van der Waals surface area (Å²) in [6.07, 6.45) is 0.244. The van der Waals surface area contributed by atoms with E-state index in [1.807, 2.05) is 63.2 Å². The van der Waals surface area contributed by atoms with Crippen molar-refractivity contribution in [2.75, 3.05) is 13.1 Å². The lowest BCUT2D eigenvalue weighted by atomic mass is 9.96. The Bertz CT molecular complexity index is 702. The number of carbonyl (C=O) groups excluding carboxylic acids is 2. The van der Waals surface area contributed by atoms with E-state index in [9.17, 15) is 9.59 Å². The monoisotopic (exact) mass is 309 g/mol. The zero-order valence-electron chi connectivity index (χ0n) is 14.0. The third kappa shape index (κ3) is 3.86. The topological polar surface area (TPSA) is 37.4 Å². The number of nitrogens with zero attached hydrogens (tertiary/aromatic N) is 1. The van der Waals surface area contributed by atoms with Gasteiger partial charge in [0.1, 0.15) is 0 Å². The Morgan fingerprint density at radius 3 is 2.04 bits per heavy atom. The summed E-state index contributed by atoms with van der Waals surface area (Å²) in [6.45, 7) is 7.18. The van der Waals surface area contributed by atoms with Gasteiger partial charge in [0.15, 0.2) is 5.78 Å². The fourth-order valence-corrected chi connectivity index (χ4v) is 2.72. The van der Waals surface area contributed by atoms with Gasteiger partial charge in [-0.05, 0) is 38.0 Å². The van der Waals surface area contributed by atoms with Gasteiger partial charge < -0.3 is 4.90 Å². The fraction of sp³-hybridized carbons (Fsp3) is 0.300. The van der Waals surface area contributed by atoms with Gasteiger partial charge >= 0.3 is 0 Å². The first-order chi connectivity index (χ1) is 11.1. The molecule has 0 aromatic heterocycles. The van der Waals surface area contributed by atoms with Gasteiger partial charge in [-0.3, -0.25) is 9.59 Å². The molecular formula is C20H23NO2. The molecule has 0 aliphatic rings. The second kappa shape index (κ2) is 7.73. The van der Waals surface area contributed by atoms with Gasteiger partial charge in [0.05, 0.1) is 0 Å². The number of ketones is 1. The number of aryl methyl sites for hydroxylation is 1. The minimum atomic E-state index is -0.0109. The molecule has 23 heavy (non-hydrogen) atoms. The summed E-state index contributed by atoms with van der Waals surface area (Å²) in [4.78, 5) is 27.0. The highest BCUT2D eigenvalue weighted by molar-refractivity contribution is 6.02. The first-order valence-electron chi connectivity index (χ1n) is 8.04. The third-order valence-corrected chi connectivity index (χ3v) is 4.09. The lowest BCUT2D eigenvalue weighted by Gasteiger charge is -2.20. The van der Waals surface area contributed by atoms with Gasteiger partial charge in [-0.25, -0.2) is 0 Å². The molecule has 0 aliphatic heterocycles. The van der Waals surface area contributed by atoms with Crippen LogP contribution in [0.5, 0.6) is 0 Å². The van der Waals surface area contributed by atoms with Crippen LogP contribution in [0.3, 0.4) is 0 Å². The highest BCUT2D eigenvalue weighted by Gasteiger charge is 2.18. The smallest absolute Gasteiger partial charge is 0.254 e. The zero-order chi connectivity index (χ0) is 16.8.